The first-order valence-corrected chi connectivity index (χ1v) is 4.51. The largest absolute Gasteiger partial charge is 0.383 e. The fourth-order valence-electron chi connectivity index (χ4n) is 1.54. The van der Waals surface area contributed by atoms with Crippen LogP contribution in [0.4, 0.5) is 0 Å². The first-order valence-electron chi connectivity index (χ1n) is 4.51. The van der Waals surface area contributed by atoms with Gasteiger partial charge in [-0.25, -0.2) is 0 Å². The van der Waals surface area contributed by atoms with Crippen molar-refractivity contribution in [1.29, 1.82) is 0 Å². The lowest BCUT2D eigenvalue weighted by Crippen LogP contribution is -2.41. The zero-order valence-corrected chi connectivity index (χ0v) is 7.25. The summed E-state index contributed by atoms with van der Waals surface area (Å²) >= 11 is 0. The highest BCUT2D eigenvalue weighted by Crippen LogP contribution is 2.17. The van der Waals surface area contributed by atoms with Crippen molar-refractivity contribution >= 4 is 5.91 Å². The van der Waals surface area contributed by atoms with E-state index in [-0.39, 0.29) is 11.9 Å². The van der Waals surface area contributed by atoms with Crippen LogP contribution in [0, 0.1) is 6.92 Å². The predicted molar refractivity (Wildman–Crippen MR) is 46.4 cm³/mol. The van der Waals surface area contributed by atoms with Gasteiger partial charge in [0.05, 0.1) is 0 Å². The Morgan fingerprint density at radius 2 is 2.00 bits per heavy atom. The molecule has 0 heterocycles. The molecule has 1 atom stereocenters. The highest BCUT2D eigenvalue weighted by atomic mass is 16.3. The molecule has 3 heteroatoms. The smallest absolute Gasteiger partial charge is 0.249 e. The average Bonchev–Trinajstić information content (AvgIpc) is 2.06. The molecule has 0 spiro atoms. The molecular weight excluding hydrogens is 154 g/mol. The van der Waals surface area contributed by atoms with Crippen LogP contribution in [-0.2, 0) is 4.79 Å². The molecule has 1 aliphatic carbocycles. The summed E-state index contributed by atoms with van der Waals surface area (Å²) in [7, 11) is 0. The number of carbonyl (C=O) groups excluding carboxylic acids is 1. The van der Waals surface area contributed by atoms with E-state index in [4.69, 9.17) is 5.11 Å². The van der Waals surface area contributed by atoms with Crippen molar-refractivity contribution in [3.63, 3.8) is 0 Å². The van der Waals surface area contributed by atoms with E-state index >= 15 is 0 Å². The van der Waals surface area contributed by atoms with Gasteiger partial charge in [0.25, 0.3) is 0 Å². The molecule has 3 nitrogen and oxygen atoms in total. The fraction of sp³-hybridized carbons (Fsp3) is 0.778. The molecule has 0 aromatic heterocycles. The Bertz CT molecular complexity index is 151. The Kier molecular flexibility index (Phi) is 3.53. The molecule has 1 radical (unpaired) electrons. The van der Waals surface area contributed by atoms with Crippen LogP contribution < -0.4 is 5.32 Å². The number of hydrogen-bond donors (Lipinski definition) is 2. The molecule has 0 aromatic carbocycles. The number of rotatable bonds is 2. The van der Waals surface area contributed by atoms with Crippen molar-refractivity contribution in [2.45, 2.75) is 44.2 Å². The van der Waals surface area contributed by atoms with Gasteiger partial charge in [0.15, 0.2) is 0 Å². The van der Waals surface area contributed by atoms with Gasteiger partial charge in [-0.15, -0.1) is 0 Å². The van der Waals surface area contributed by atoms with Crippen LogP contribution in [0.5, 0.6) is 0 Å². The van der Waals surface area contributed by atoms with Crippen molar-refractivity contribution in [3.8, 4) is 0 Å². The van der Waals surface area contributed by atoms with Gasteiger partial charge in [0.2, 0.25) is 5.91 Å². The molecule has 1 fully saturated rings. The maximum absolute atomic E-state index is 11.0. The highest BCUT2D eigenvalue weighted by molar-refractivity contribution is 5.81. The monoisotopic (exact) mass is 170 g/mol. The zero-order valence-electron chi connectivity index (χ0n) is 7.25. The fourth-order valence-corrected chi connectivity index (χ4v) is 1.54. The second-order valence-electron chi connectivity index (χ2n) is 3.36. The van der Waals surface area contributed by atoms with E-state index in [1.165, 1.54) is 19.3 Å². The molecule has 12 heavy (non-hydrogen) atoms. The molecule has 1 rings (SSSR count). The standard InChI is InChI=1S/C9H16NO2/c1-7(11)9(12)10-8-5-3-2-4-6-8/h7-8,11H,1-6H2,(H,10,12). The van der Waals surface area contributed by atoms with Crippen LogP contribution in [0.2, 0.25) is 0 Å². The van der Waals surface area contributed by atoms with E-state index in [0.717, 1.165) is 12.8 Å². The minimum absolute atomic E-state index is 0.266. The van der Waals surface area contributed by atoms with Crippen LogP contribution in [0.1, 0.15) is 32.1 Å². The third-order valence-electron chi connectivity index (χ3n) is 2.25. The molecule has 2 N–H and O–H groups in total. The lowest BCUT2D eigenvalue weighted by atomic mass is 9.95. The topological polar surface area (TPSA) is 49.3 Å². The maximum Gasteiger partial charge on any atom is 0.249 e. The van der Waals surface area contributed by atoms with Gasteiger partial charge in [-0.3, -0.25) is 4.79 Å². The van der Waals surface area contributed by atoms with E-state index in [2.05, 4.69) is 12.2 Å². The van der Waals surface area contributed by atoms with Crippen LogP contribution in [0.15, 0.2) is 0 Å². The molecule has 1 aliphatic rings. The van der Waals surface area contributed by atoms with E-state index < -0.39 is 6.10 Å². The normalized spacial score (nSPS) is 21.8. The summed E-state index contributed by atoms with van der Waals surface area (Å²) in [6.45, 7) is 3.25. The minimum Gasteiger partial charge on any atom is -0.383 e. The Balaban J connectivity index is 2.24. The third-order valence-corrected chi connectivity index (χ3v) is 2.25. The summed E-state index contributed by atoms with van der Waals surface area (Å²) in [5.41, 5.74) is 0. The maximum atomic E-state index is 11.0. The molecule has 1 amide bonds. The van der Waals surface area contributed by atoms with Crippen LogP contribution in [0.25, 0.3) is 0 Å². The molecule has 0 saturated heterocycles. The Morgan fingerprint density at radius 1 is 1.42 bits per heavy atom. The predicted octanol–water partition coefficient (Wildman–Crippen LogP) is 0.630. The number of aliphatic hydroxyl groups is 1. The Labute approximate surface area is 73.2 Å². The van der Waals surface area contributed by atoms with E-state index in [9.17, 15) is 4.79 Å². The summed E-state index contributed by atoms with van der Waals surface area (Å²) in [5, 5.41) is 11.6. The molecule has 69 valence electrons. The van der Waals surface area contributed by atoms with Gasteiger partial charge < -0.3 is 10.4 Å². The molecule has 0 aromatic rings. The van der Waals surface area contributed by atoms with Gasteiger partial charge in [-0.2, -0.15) is 0 Å². The van der Waals surface area contributed by atoms with E-state index in [1.807, 2.05) is 0 Å². The lowest BCUT2D eigenvalue weighted by Gasteiger charge is -2.23. The number of amides is 1. The number of carbonyl (C=O) groups is 1. The Hall–Kier alpha value is -0.570. The second-order valence-corrected chi connectivity index (χ2v) is 3.36. The quantitative estimate of drug-likeness (QED) is 0.638. The second kappa shape index (κ2) is 4.45. The van der Waals surface area contributed by atoms with E-state index in [0.29, 0.717) is 0 Å². The SMILES string of the molecule is [CH2]C(O)C(=O)NC1CCCCC1. The summed E-state index contributed by atoms with van der Waals surface area (Å²) in [6, 6.07) is 0.266. The summed E-state index contributed by atoms with van der Waals surface area (Å²) < 4.78 is 0. The van der Waals surface area contributed by atoms with Crippen LogP contribution in [-0.4, -0.2) is 23.2 Å². The zero-order chi connectivity index (χ0) is 8.97. The molecule has 0 bridgehead atoms. The van der Waals surface area contributed by atoms with Crippen molar-refractivity contribution < 1.29 is 9.90 Å². The lowest BCUT2D eigenvalue weighted by molar-refractivity contribution is -0.128. The minimum atomic E-state index is -1.12. The molecule has 1 saturated carbocycles. The number of aliphatic hydroxyl groups excluding tert-OH is 1. The molecule has 0 aliphatic heterocycles. The average molecular weight is 170 g/mol. The number of hydrogen-bond acceptors (Lipinski definition) is 2. The van der Waals surface area contributed by atoms with E-state index in [1.54, 1.807) is 0 Å². The van der Waals surface area contributed by atoms with Gasteiger partial charge in [-0.05, 0) is 19.8 Å². The van der Waals surface area contributed by atoms with Crippen molar-refractivity contribution in [3.05, 3.63) is 6.92 Å². The van der Waals surface area contributed by atoms with Gasteiger partial charge in [-0.1, -0.05) is 19.3 Å². The first-order chi connectivity index (χ1) is 5.70. The molecule has 1 unspecified atom stereocenters. The summed E-state index contributed by atoms with van der Waals surface area (Å²) in [6.07, 6.45) is 4.58. The van der Waals surface area contributed by atoms with Gasteiger partial charge >= 0.3 is 0 Å². The Morgan fingerprint density at radius 3 is 2.50 bits per heavy atom. The molecular formula is C9H16NO2. The van der Waals surface area contributed by atoms with Crippen molar-refractivity contribution in [2.24, 2.45) is 0 Å². The van der Waals surface area contributed by atoms with Crippen LogP contribution >= 0.6 is 0 Å². The number of nitrogens with one attached hydrogen (secondary N) is 1. The third kappa shape index (κ3) is 2.81. The van der Waals surface area contributed by atoms with Crippen molar-refractivity contribution in [1.82, 2.24) is 5.32 Å². The highest BCUT2D eigenvalue weighted by Gasteiger charge is 2.17. The van der Waals surface area contributed by atoms with Crippen LogP contribution in [0.3, 0.4) is 0 Å². The van der Waals surface area contributed by atoms with Crippen molar-refractivity contribution in [2.75, 3.05) is 0 Å². The van der Waals surface area contributed by atoms with Gasteiger partial charge in [0.1, 0.15) is 6.10 Å². The first kappa shape index (κ1) is 9.52. The van der Waals surface area contributed by atoms with Gasteiger partial charge in [0, 0.05) is 6.04 Å². The summed E-state index contributed by atoms with van der Waals surface area (Å²) in [4.78, 5) is 11.0. The summed E-state index contributed by atoms with van der Waals surface area (Å²) in [5.74, 6) is -0.345.